The Morgan fingerprint density at radius 1 is 1.13 bits per heavy atom. The zero-order valence-electron chi connectivity index (χ0n) is 17.7. The van der Waals surface area contributed by atoms with Crippen molar-refractivity contribution in [2.24, 2.45) is 0 Å². The first-order chi connectivity index (χ1) is 14.4. The molecule has 1 atom stereocenters. The predicted molar refractivity (Wildman–Crippen MR) is 115 cm³/mol. The molecule has 30 heavy (non-hydrogen) atoms. The Hall–Kier alpha value is -3.12. The van der Waals surface area contributed by atoms with E-state index in [1.54, 1.807) is 12.0 Å². The van der Waals surface area contributed by atoms with Gasteiger partial charge in [-0.25, -0.2) is 0 Å². The molecule has 0 aliphatic carbocycles. The summed E-state index contributed by atoms with van der Waals surface area (Å²) in [5, 5.41) is 10.6. The van der Waals surface area contributed by atoms with E-state index in [4.69, 9.17) is 4.74 Å². The monoisotopic (exact) mass is 408 g/mol. The summed E-state index contributed by atoms with van der Waals surface area (Å²) in [6.07, 6.45) is 0.770. The number of nitrogens with zero attached hydrogens (tertiary/aromatic N) is 2. The van der Waals surface area contributed by atoms with Crippen LogP contribution in [0.4, 0.5) is 0 Å². The lowest BCUT2D eigenvalue weighted by atomic mass is 9.93. The SMILES string of the molecule is COc1cccc(C2C(C(=O)CCc3ccccc3)=C(O)C(=O)N2CCN(C)C)c1. The Labute approximate surface area is 177 Å². The molecule has 3 rings (SSSR count). The number of carbonyl (C=O) groups is 2. The van der Waals surface area contributed by atoms with E-state index in [1.807, 2.05) is 73.6 Å². The van der Waals surface area contributed by atoms with Crippen LogP contribution in [0.25, 0.3) is 0 Å². The van der Waals surface area contributed by atoms with Gasteiger partial charge in [-0.2, -0.15) is 0 Å². The molecule has 6 heteroatoms. The van der Waals surface area contributed by atoms with Gasteiger partial charge in [-0.1, -0.05) is 42.5 Å². The van der Waals surface area contributed by atoms with Crippen molar-refractivity contribution in [3.8, 4) is 5.75 Å². The molecule has 1 aliphatic heterocycles. The number of aryl methyl sites for hydroxylation is 1. The smallest absolute Gasteiger partial charge is 0.290 e. The fourth-order valence-corrected chi connectivity index (χ4v) is 3.67. The average molecular weight is 408 g/mol. The highest BCUT2D eigenvalue weighted by Crippen LogP contribution is 2.39. The second-order valence-corrected chi connectivity index (χ2v) is 7.65. The summed E-state index contributed by atoms with van der Waals surface area (Å²) < 4.78 is 5.33. The second-order valence-electron chi connectivity index (χ2n) is 7.65. The molecular weight excluding hydrogens is 380 g/mol. The minimum atomic E-state index is -0.629. The summed E-state index contributed by atoms with van der Waals surface area (Å²) in [5.74, 6) is -0.535. The van der Waals surface area contributed by atoms with Crippen molar-refractivity contribution in [1.29, 1.82) is 0 Å². The summed E-state index contributed by atoms with van der Waals surface area (Å²) in [4.78, 5) is 29.5. The summed E-state index contributed by atoms with van der Waals surface area (Å²) in [5.41, 5.74) is 1.95. The summed E-state index contributed by atoms with van der Waals surface area (Å²) in [7, 11) is 5.41. The molecule has 158 valence electrons. The van der Waals surface area contributed by atoms with Crippen molar-refractivity contribution >= 4 is 11.7 Å². The first-order valence-corrected chi connectivity index (χ1v) is 10.0. The van der Waals surface area contributed by atoms with E-state index in [9.17, 15) is 14.7 Å². The van der Waals surface area contributed by atoms with Crippen molar-refractivity contribution in [2.45, 2.75) is 18.9 Å². The lowest BCUT2D eigenvalue weighted by molar-refractivity contribution is -0.129. The van der Waals surface area contributed by atoms with E-state index < -0.39 is 17.7 Å². The van der Waals surface area contributed by atoms with Gasteiger partial charge in [0.1, 0.15) is 5.75 Å². The molecule has 0 radical (unpaired) electrons. The van der Waals surface area contributed by atoms with Crippen LogP contribution in [0.3, 0.4) is 0 Å². The number of methoxy groups -OCH3 is 1. The molecule has 0 saturated heterocycles. The zero-order valence-corrected chi connectivity index (χ0v) is 17.7. The van der Waals surface area contributed by atoms with Gasteiger partial charge >= 0.3 is 0 Å². The molecule has 2 aromatic carbocycles. The largest absolute Gasteiger partial charge is 0.503 e. The van der Waals surface area contributed by atoms with Crippen molar-refractivity contribution < 1.29 is 19.4 Å². The molecule has 0 fully saturated rings. The van der Waals surface area contributed by atoms with Gasteiger partial charge < -0.3 is 19.6 Å². The highest BCUT2D eigenvalue weighted by Gasteiger charge is 2.43. The number of hydrogen-bond donors (Lipinski definition) is 1. The predicted octanol–water partition coefficient (Wildman–Crippen LogP) is 3.15. The second kappa shape index (κ2) is 9.59. The molecule has 2 aromatic rings. The maximum absolute atomic E-state index is 13.2. The lowest BCUT2D eigenvalue weighted by Crippen LogP contribution is -2.36. The number of amides is 1. The van der Waals surface area contributed by atoms with Crippen LogP contribution >= 0.6 is 0 Å². The summed E-state index contributed by atoms with van der Waals surface area (Å²) in [6, 6.07) is 16.4. The average Bonchev–Trinajstić information content (AvgIpc) is 3.01. The Kier molecular flexibility index (Phi) is 6.90. The van der Waals surface area contributed by atoms with Crippen LogP contribution < -0.4 is 4.74 Å². The molecule has 6 nitrogen and oxygen atoms in total. The molecule has 1 aliphatic rings. The standard InChI is InChI=1S/C24H28N2O4/c1-25(2)14-15-26-22(18-10-7-11-19(16-18)30-3)21(23(28)24(26)29)20(27)13-12-17-8-5-4-6-9-17/h4-11,16,22,28H,12-15H2,1-3H3. The quantitative estimate of drug-likeness (QED) is 0.690. The van der Waals surface area contributed by atoms with Crippen molar-refractivity contribution in [3.63, 3.8) is 0 Å². The first-order valence-electron chi connectivity index (χ1n) is 10.0. The summed E-state index contributed by atoms with van der Waals surface area (Å²) in [6.45, 7) is 1.01. The number of ketones is 1. The topological polar surface area (TPSA) is 70.1 Å². The molecule has 0 spiro atoms. The molecule has 0 saturated carbocycles. The Morgan fingerprint density at radius 3 is 2.53 bits per heavy atom. The molecular formula is C24H28N2O4. The molecule has 1 N–H and O–H groups in total. The maximum Gasteiger partial charge on any atom is 0.290 e. The number of aliphatic hydroxyl groups excluding tert-OH is 1. The maximum atomic E-state index is 13.2. The van der Waals surface area contributed by atoms with Crippen LogP contribution in [0.2, 0.25) is 0 Å². The zero-order chi connectivity index (χ0) is 21.7. The van der Waals surface area contributed by atoms with Gasteiger partial charge in [0, 0.05) is 19.5 Å². The number of carbonyl (C=O) groups excluding carboxylic acids is 2. The van der Waals surface area contributed by atoms with E-state index in [0.717, 1.165) is 11.1 Å². The minimum absolute atomic E-state index is 0.169. The van der Waals surface area contributed by atoms with Gasteiger partial charge in [-0.3, -0.25) is 9.59 Å². The number of ether oxygens (including phenoxy) is 1. The van der Waals surface area contributed by atoms with Gasteiger partial charge in [-0.15, -0.1) is 0 Å². The molecule has 1 heterocycles. The number of rotatable bonds is 9. The van der Waals surface area contributed by atoms with Crippen molar-refractivity contribution in [1.82, 2.24) is 9.80 Å². The number of Topliss-reactive ketones (excluding diaryl/α,β-unsaturated/α-hetero) is 1. The highest BCUT2D eigenvalue weighted by atomic mass is 16.5. The van der Waals surface area contributed by atoms with Crippen LogP contribution in [0.1, 0.15) is 23.6 Å². The van der Waals surface area contributed by atoms with Crippen LogP contribution in [0.15, 0.2) is 65.9 Å². The molecule has 1 amide bonds. The fourth-order valence-electron chi connectivity index (χ4n) is 3.67. The Bertz CT molecular complexity index is 937. The highest BCUT2D eigenvalue weighted by molar-refractivity contribution is 6.09. The number of likely N-dealkylation sites (N-methyl/N-ethyl adjacent to an activating group) is 1. The normalized spacial score (nSPS) is 16.5. The fraction of sp³-hybridized carbons (Fsp3) is 0.333. The lowest BCUT2D eigenvalue weighted by Gasteiger charge is -2.28. The van der Waals surface area contributed by atoms with Gasteiger partial charge in [0.15, 0.2) is 11.5 Å². The third-order valence-electron chi connectivity index (χ3n) is 5.29. The van der Waals surface area contributed by atoms with E-state index in [1.165, 1.54) is 0 Å². The number of hydrogen-bond acceptors (Lipinski definition) is 5. The van der Waals surface area contributed by atoms with Crippen molar-refractivity contribution in [2.75, 3.05) is 34.3 Å². The van der Waals surface area contributed by atoms with E-state index in [0.29, 0.717) is 25.3 Å². The van der Waals surface area contributed by atoms with Crippen LogP contribution in [-0.2, 0) is 16.0 Å². The minimum Gasteiger partial charge on any atom is -0.503 e. The molecule has 0 aromatic heterocycles. The molecule has 0 bridgehead atoms. The number of benzene rings is 2. The van der Waals surface area contributed by atoms with Gasteiger partial charge in [0.2, 0.25) is 0 Å². The van der Waals surface area contributed by atoms with Gasteiger partial charge in [-0.05, 0) is 43.8 Å². The van der Waals surface area contributed by atoms with Crippen LogP contribution in [0, 0.1) is 0 Å². The Balaban J connectivity index is 1.92. The van der Waals surface area contributed by atoms with E-state index in [-0.39, 0.29) is 17.8 Å². The van der Waals surface area contributed by atoms with E-state index >= 15 is 0 Å². The Morgan fingerprint density at radius 2 is 1.87 bits per heavy atom. The van der Waals surface area contributed by atoms with Crippen molar-refractivity contribution in [3.05, 3.63) is 77.1 Å². The number of aliphatic hydroxyl groups is 1. The summed E-state index contributed by atoms with van der Waals surface area (Å²) >= 11 is 0. The van der Waals surface area contributed by atoms with Crippen LogP contribution in [-0.4, -0.2) is 60.9 Å². The van der Waals surface area contributed by atoms with E-state index in [2.05, 4.69) is 0 Å². The first kappa shape index (κ1) is 21.6. The third kappa shape index (κ3) is 4.71. The van der Waals surface area contributed by atoms with Gasteiger partial charge in [0.25, 0.3) is 5.91 Å². The third-order valence-corrected chi connectivity index (χ3v) is 5.29. The van der Waals surface area contributed by atoms with Gasteiger partial charge in [0.05, 0.1) is 18.7 Å². The van der Waals surface area contributed by atoms with Crippen LogP contribution in [0.5, 0.6) is 5.75 Å². The molecule has 1 unspecified atom stereocenters.